The Kier molecular flexibility index (Phi) is 10.0. The lowest BCUT2D eigenvalue weighted by atomic mass is 9.76. The van der Waals surface area contributed by atoms with Gasteiger partial charge in [0.15, 0.2) is 0 Å². The quantitative estimate of drug-likeness (QED) is 0.116. The fourth-order valence-electron chi connectivity index (χ4n) is 14.2. The summed E-state index contributed by atoms with van der Waals surface area (Å²) in [5, 5.41) is 11.2. The molecule has 320 valence electrons. The van der Waals surface area contributed by atoms with Gasteiger partial charge in [0, 0.05) is 0 Å². The lowest BCUT2D eigenvalue weighted by molar-refractivity contribution is 0.435. The molecule has 4 saturated carbocycles. The second-order valence-corrected chi connectivity index (χ2v) is 21.2. The maximum Gasteiger partial charge on any atom is -0.00199 e. The van der Waals surface area contributed by atoms with Crippen LogP contribution in [-0.2, 0) is 0 Å². The first-order chi connectivity index (χ1) is 31.7. The van der Waals surface area contributed by atoms with E-state index in [0.29, 0.717) is 23.7 Å². The van der Waals surface area contributed by atoms with Crippen LogP contribution in [0.3, 0.4) is 0 Å². The monoisotopic (exact) mass is 833 g/mol. The van der Waals surface area contributed by atoms with Crippen molar-refractivity contribution in [1.29, 1.82) is 0 Å². The van der Waals surface area contributed by atoms with E-state index < -0.39 is 0 Å². The number of benzene rings is 8. The Balaban J connectivity index is 1.13. The van der Waals surface area contributed by atoms with E-state index in [1.165, 1.54) is 216 Å². The number of hydrogen-bond donors (Lipinski definition) is 0. The van der Waals surface area contributed by atoms with Gasteiger partial charge in [-0.25, -0.2) is 0 Å². The molecule has 0 bridgehead atoms. The molecule has 0 heteroatoms. The molecule has 0 N–H and O–H groups in total. The Bertz CT molecular complexity index is 3010. The highest BCUT2D eigenvalue weighted by molar-refractivity contribution is 6.28. The summed E-state index contributed by atoms with van der Waals surface area (Å²) in [7, 11) is 0. The predicted octanol–water partition coefficient (Wildman–Crippen LogP) is 19.5. The van der Waals surface area contributed by atoms with Gasteiger partial charge in [-0.05, 0) is 203 Å². The first-order valence-corrected chi connectivity index (χ1v) is 26.0. The molecule has 0 radical (unpaired) electrons. The van der Waals surface area contributed by atoms with Crippen molar-refractivity contribution in [3.05, 3.63) is 144 Å². The molecule has 4 fully saturated rings. The fraction of sp³-hybridized carbons (Fsp3) is 0.375. The van der Waals surface area contributed by atoms with Crippen LogP contribution in [0.25, 0.3) is 87.6 Å². The van der Waals surface area contributed by atoms with E-state index in [-0.39, 0.29) is 0 Å². The minimum absolute atomic E-state index is 0.665. The largest absolute Gasteiger partial charge is 0.0616 e. The molecule has 5 aliphatic carbocycles. The average Bonchev–Trinajstić information content (AvgIpc) is 3.68. The summed E-state index contributed by atoms with van der Waals surface area (Å²) in [5.74, 6) is 2.66. The zero-order valence-corrected chi connectivity index (χ0v) is 38.0. The van der Waals surface area contributed by atoms with E-state index in [1.54, 1.807) is 22.3 Å². The van der Waals surface area contributed by atoms with Gasteiger partial charge in [0.1, 0.15) is 0 Å². The summed E-state index contributed by atoms with van der Waals surface area (Å²) in [5.41, 5.74) is 17.9. The third-order valence-corrected chi connectivity index (χ3v) is 17.5. The van der Waals surface area contributed by atoms with Crippen LogP contribution in [-0.4, -0.2) is 0 Å². The smallest absolute Gasteiger partial charge is 0.00199 e. The zero-order valence-electron chi connectivity index (χ0n) is 38.0. The normalized spacial score (nSPS) is 19.0. The van der Waals surface area contributed by atoms with Crippen LogP contribution >= 0.6 is 0 Å². The van der Waals surface area contributed by atoms with Crippen molar-refractivity contribution in [2.75, 3.05) is 0 Å². The molecule has 0 aromatic heterocycles. The third-order valence-electron chi connectivity index (χ3n) is 17.5. The van der Waals surface area contributed by atoms with Gasteiger partial charge in [-0.1, -0.05) is 180 Å². The van der Waals surface area contributed by atoms with Crippen LogP contribution in [0.15, 0.2) is 121 Å². The van der Waals surface area contributed by atoms with E-state index in [0.717, 1.165) is 0 Å². The Morgan fingerprint density at radius 3 is 1.11 bits per heavy atom. The van der Waals surface area contributed by atoms with Crippen molar-refractivity contribution in [2.45, 2.75) is 152 Å². The highest BCUT2D eigenvalue weighted by Crippen LogP contribution is 2.55. The minimum Gasteiger partial charge on any atom is -0.0616 e. The van der Waals surface area contributed by atoms with Gasteiger partial charge < -0.3 is 0 Å². The molecular weight excluding hydrogens is 769 g/mol. The van der Waals surface area contributed by atoms with Gasteiger partial charge in [-0.2, -0.15) is 0 Å². The number of fused-ring (bicyclic) bond motifs is 7. The summed E-state index contributed by atoms with van der Waals surface area (Å²) in [6.07, 6.45) is 27.1. The van der Waals surface area contributed by atoms with Gasteiger partial charge in [-0.15, -0.1) is 0 Å². The summed E-state index contributed by atoms with van der Waals surface area (Å²) >= 11 is 0. The van der Waals surface area contributed by atoms with Crippen molar-refractivity contribution in [1.82, 2.24) is 0 Å². The molecule has 0 saturated heterocycles. The highest BCUT2D eigenvalue weighted by atomic mass is 14.3. The highest BCUT2D eigenvalue weighted by Gasteiger charge is 2.29. The van der Waals surface area contributed by atoms with E-state index in [1.807, 2.05) is 0 Å². The topological polar surface area (TPSA) is 0 Å². The molecule has 13 rings (SSSR count). The Hall–Kier alpha value is -5.20. The Labute approximate surface area is 381 Å². The molecular formula is C64H64. The van der Waals surface area contributed by atoms with Crippen LogP contribution in [0.1, 0.15) is 174 Å². The van der Waals surface area contributed by atoms with Gasteiger partial charge in [-0.3, -0.25) is 0 Å². The van der Waals surface area contributed by atoms with E-state index in [2.05, 4.69) is 121 Å². The van der Waals surface area contributed by atoms with Crippen LogP contribution in [0, 0.1) is 0 Å². The molecule has 0 atom stereocenters. The second-order valence-electron chi connectivity index (χ2n) is 21.2. The van der Waals surface area contributed by atoms with Crippen molar-refractivity contribution >= 4 is 43.1 Å². The maximum atomic E-state index is 2.69. The third kappa shape index (κ3) is 6.67. The molecule has 64 heavy (non-hydrogen) atoms. The SMILES string of the molecule is c1ccc2c(c1)cc1c3c(cccc32)-c2cc3c(-c4cc(C5CCCCC5)cc(C5CCCCC5)c4)c4ccccc4c(-c4cc(C5CCCCC5)cc(C5CCCCC5)c4)c3cc2-1. The molecule has 0 unspecified atom stereocenters. The van der Waals surface area contributed by atoms with Crippen molar-refractivity contribution in [3.8, 4) is 44.5 Å². The summed E-state index contributed by atoms with van der Waals surface area (Å²) in [6.45, 7) is 0. The standard InChI is InChI=1S/C64H64/c1-5-18-41(19-6-1)46-32-47(42-20-7-2-8-21-42)35-50(34-46)62-54-28-15-16-29-55(54)63(51-36-48(43-22-9-3-10-23-43)33-49(37-51)44-24-11-4-12-25-44)61-40-58-57(39-60(61)62)56-31-17-30-53-52-27-14-13-26-45(52)38-59(58)64(53)56/h13-17,26-44H,1-12,18-25H2. The Morgan fingerprint density at radius 2 is 0.656 bits per heavy atom. The van der Waals surface area contributed by atoms with Crippen molar-refractivity contribution < 1.29 is 0 Å². The maximum absolute atomic E-state index is 2.69. The molecule has 5 aliphatic rings. The lowest BCUT2D eigenvalue weighted by Gasteiger charge is -2.28. The molecule has 0 heterocycles. The first kappa shape index (κ1) is 39.2. The van der Waals surface area contributed by atoms with E-state index >= 15 is 0 Å². The van der Waals surface area contributed by atoms with Crippen LogP contribution < -0.4 is 0 Å². The fourth-order valence-corrected chi connectivity index (χ4v) is 14.2. The summed E-state index contributed by atoms with van der Waals surface area (Å²) in [6, 6.07) is 49.8. The second kappa shape index (κ2) is 16.3. The van der Waals surface area contributed by atoms with Crippen LogP contribution in [0.4, 0.5) is 0 Å². The number of rotatable bonds is 6. The van der Waals surface area contributed by atoms with Gasteiger partial charge in [0.2, 0.25) is 0 Å². The van der Waals surface area contributed by atoms with E-state index in [4.69, 9.17) is 0 Å². The molecule has 8 aromatic carbocycles. The van der Waals surface area contributed by atoms with Gasteiger partial charge in [0.25, 0.3) is 0 Å². The predicted molar refractivity (Wildman–Crippen MR) is 275 cm³/mol. The van der Waals surface area contributed by atoms with Gasteiger partial charge >= 0.3 is 0 Å². The molecule has 0 spiro atoms. The summed E-state index contributed by atoms with van der Waals surface area (Å²) < 4.78 is 0. The summed E-state index contributed by atoms with van der Waals surface area (Å²) in [4.78, 5) is 0. The van der Waals surface area contributed by atoms with Gasteiger partial charge in [0.05, 0.1) is 0 Å². The zero-order chi connectivity index (χ0) is 42.1. The molecule has 0 nitrogen and oxygen atoms in total. The minimum atomic E-state index is 0.665. The van der Waals surface area contributed by atoms with E-state index in [9.17, 15) is 0 Å². The van der Waals surface area contributed by atoms with Crippen LogP contribution in [0.5, 0.6) is 0 Å². The molecule has 8 aromatic rings. The average molecular weight is 833 g/mol. The molecule has 0 aliphatic heterocycles. The van der Waals surface area contributed by atoms with Crippen LogP contribution in [0.2, 0.25) is 0 Å². The lowest BCUT2D eigenvalue weighted by Crippen LogP contribution is -2.09. The van der Waals surface area contributed by atoms with Crippen molar-refractivity contribution in [2.24, 2.45) is 0 Å². The van der Waals surface area contributed by atoms with Crippen molar-refractivity contribution in [3.63, 3.8) is 0 Å². The Morgan fingerprint density at radius 1 is 0.266 bits per heavy atom. The first-order valence-electron chi connectivity index (χ1n) is 26.0. The number of hydrogen-bond acceptors (Lipinski definition) is 0. The molecule has 0 amide bonds.